The molecule has 1 fully saturated rings. The SMILES string of the molecule is CC(I)n1ncc(O)c1-c1ccn2nc(NC(=O)C3CC3)cc2c1. The molecule has 2 N–H and O–H groups in total. The van der Waals surface area contributed by atoms with E-state index < -0.39 is 0 Å². The molecule has 1 amide bonds. The van der Waals surface area contributed by atoms with Gasteiger partial charge in [0, 0.05) is 23.7 Å². The number of nitrogens with zero attached hydrogens (tertiary/aromatic N) is 4. The summed E-state index contributed by atoms with van der Waals surface area (Å²) in [5.74, 6) is 0.864. The zero-order chi connectivity index (χ0) is 16.8. The Morgan fingerprint density at radius 2 is 2.25 bits per heavy atom. The van der Waals surface area contributed by atoms with Gasteiger partial charge < -0.3 is 10.4 Å². The number of carbonyl (C=O) groups excluding carboxylic acids is 1. The number of carbonyl (C=O) groups is 1. The van der Waals surface area contributed by atoms with Crippen molar-refractivity contribution in [2.75, 3.05) is 5.32 Å². The second-order valence-electron chi connectivity index (χ2n) is 5.97. The summed E-state index contributed by atoms with van der Waals surface area (Å²) in [4.78, 5) is 11.9. The van der Waals surface area contributed by atoms with Crippen LogP contribution in [0.5, 0.6) is 5.75 Å². The molecule has 1 saturated carbocycles. The van der Waals surface area contributed by atoms with Gasteiger partial charge in [0.2, 0.25) is 5.91 Å². The van der Waals surface area contributed by atoms with Gasteiger partial charge in [0.1, 0.15) is 9.74 Å². The number of amides is 1. The average molecular weight is 437 g/mol. The molecule has 1 unspecified atom stereocenters. The van der Waals surface area contributed by atoms with Gasteiger partial charge in [-0.25, -0.2) is 9.20 Å². The number of anilines is 1. The molecule has 4 rings (SSSR count). The number of hydrogen-bond acceptors (Lipinski definition) is 4. The van der Waals surface area contributed by atoms with Gasteiger partial charge in [0.25, 0.3) is 0 Å². The van der Waals surface area contributed by atoms with E-state index in [9.17, 15) is 9.90 Å². The molecule has 1 aliphatic rings. The van der Waals surface area contributed by atoms with Crippen molar-refractivity contribution in [3.8, 4) is 17.0 Å². The van der Waals surface area contributed by atoms with Crippen LogP contribution in [0.15, 0.2) is 30.6 Å². The predicted octanol–water partition coefficient (Wildman–Crippen LogP) is 3.21. The molecule has 0 spiro atoms. The van der Waals surface area contributed by atoms with Gasteiger partial charge in [-0.05, 0) is 31.9 Å². The summed E-state index contributed by atoms with van der Waals surface area (Å²) < 4.78 is 3.58. The molecule has 0 saturated heterocycles. The largest absolute Gasteiger partial charge is 0.504 e. The maximum Gasteiger partial charge on any atom is 0.228 e. The molecule has 24 heavy (non-hydrogen) atoms. The second kappa shape index (κ2) is 5.76. The van der Waals surface area contributed by atoms with E-state index in [0.29, 0.717) is 11.5 Å². The molecule has 1 aliphatic carbocycles. The van der Waals surface area contributed by atoms with Crippen LogP contribution in [0.4, 0.5) is 5.82 Å². The first-order chi connectivity index (χ1) is 11.5. The van der Waals surface area contributed by atoms with E-state index in [2.05, 4.69) is 38.1 Å². The summed E-state index contributed by atoms with van der Waals surface area (Å²) in [6.45, 7) is 2.00. The van der Waals surface area contributed by atoms with Crippen LogP contribution in [0.3, 0.4) is 0 Å². The Bertz CT molecular complexity index is 926. The highest BCUT2D eigenvalue weighted by Crippen LogP contribution is 2.34. The summed E-state index contributed by atoms with van der Waals surface area (Å²) in [6.07, 6.45) is 5.18. The quantitative estimate of drug-likeness (QED) is 0.485. The standard InChI is InChI=1S/C16H16IN5O2/c1-9(17)22-15(13(23)8-18-22)11-4-5-21-12(6-11)7-14(20-21)19-16(24)10-2-3-10/h4-10,23H,2-3H2,1H3,(H,19,20,24). The Kier molecular flexibility index (Phi) is 3.70. The van der Waals surface area contributed by atoms with Crippen molar-refractivity contribution in [2.24, 2.45) is 5.92 Å². The summed E-state index contributed by atoms with van der Waals surface area (Å²) in [5, 5.41) is 21.6. The van der Waals surface area contributed by atoms with Crippen LogP contribution >= 0.6 is 22.6 Å². The molecular weight excluding hydrogens is 421 g/mol. The van der Waals surface area contributed by atoms with Gasteiger partial charge in [0.05, 0.1) is 11.7 Å². The molecule has 0 aliphatic heterocycles. The minimum absolute atomic E-state index is 0.0353. The molecule has 8 heteroatoms. The zero-order valence-corrected chi connectivity index (χ0v) is 15.1. The van der Waals surface area contributed by atoms with Gasteiger partial charge in [-0.1, -0.05) is 22.6 Å². The Morgan fingerprint density at radius 3 is 2.96 bits per heavy atom. The molecule has 124 valence electrons. The lowest BCUT2D eigenvalue weighted by atomic mass is 10.1. The molecule has 0 aromatic carbocycles. The zero-order valence-electron chi connectivity index (χ0n) is 13.0. The van der Waals surface area contributed by atoms with Crippen LogP contribution in [0.1, 0.15) is 23.8 Å². The van der Waals surface area contributed by atoms with Gasteiger partial charge in [-0.15, -0.1) is 0 Å². The lowest BCUT2D eigenvalue weighted by molar-refractivity contribution is -0.117. The van der Waals surface area contributed by atoms with E-state index in [4.69, 9.17) is 0 Å². The number of halogens is 1. The van der Waals surface area contributed by atoms with E-state index in [0.717, 1.165) is 23.9 Å². The van der Waals surface area contributed by atoms with Crippen molar-refractivity contribution < 1.29 is 9.90 Å². The average Bonchev–Trinajstić information content (AvgIpc) is 3.21. The topological polar surface area (TPSA) is 84.4 Å². The Morgan fingerprint density at radius 1 is 1.46 bits per heavy atom. The van der Waals surface area contributed by atoms with Crippen molar-refractivity contribution in [1.29, 1.82) is 0 Å². The maximum absolute atomic E-state index is 11.9. The minimum atomic E-state index is 0.0353. The summed E-state index contributed by atoms with van der Waals surface area (Å²) in [7, 11) is 0. The highest BCUT2D eigenvalue weighted by atomic mass is 127. The Labute approximate surface area is 151 Å². The fourth-order valence-corrected chi connectivity index (χ4v) is 3.10. The van der Waals surface area contributed by atoms with Crippen molar-refractivity contribution in [2.45, 2.75) is 23.8 Å². The number of aromatic hydroxyl groups is 1. The highest BCUT2D eigenvalue weighted by molar-refractivity contribution is 14.1. The molecule has 1 atom stereocenters. The van der Waals surface area contributed by atoms with Crippen LogP contribution in [0, 0.1) is 5.92 Å². The molecule has 7 nitrogen and oxygen atoms in total. The summed E-state index contributed by atoms with van der Waals surface area (Å²) in [6, 6.07) is 5.62. The van der Waals surface area contributed by atoms with Gasteiger partial charge >= 0.3 is 0 Å². The monoisotopic (exact) mass is 437 g/mol. The Hall–Kier alpha value is -2.10. The number of nitrogens with one attached hydrogen (secondary N) is 1. The van der Waals surface area contributed by atoms with Crippen molar-refractivity contribution in [1.82, 2.24) is 19.4 Å². The van der Waals surface area contributed by atoms with Gasteiger partial charge in [-0.2, -0.15) is 10.2 Å². The lowest BCUT2D eigenvalue weighted by Crippen LogP contribution is -2.13. The maximum atomic E-state index is 11.9. The molecule has 3 aromatic heterocycles. The van der Waals surface area contributed by atoms with Gasteiger partial charge in [-0.3, -0.25) is 4.79 Å². The number of alkyl halides is 1. The summed E-state index contributed by atoms with van der Waals surface area (Å²) >= 11 is 2.25. The molecular formula is C16H16IN5O2. The minimum Gasteiger partial charge on any atom is -0.504 e. The van der Waals surface area contributed by atoms with Crippen LogP contribution in [0.2, 0.25) is 0 Å². The van der Waals surface area contributed by atoms with Crippen LogP contribution in [0.25, 0.3) is 16.8 Å². The molecule has 0 bridgehead atoms. The van der Waals surface area contributed by atoms with Gasteiger partial charge in [0.15, 0.2) is 11.6 Å². The van der Waals surface area contributed by atoms with E-state index in [1.165, 1.54) is 6.20 Å². The van der Waals surface area contributed by atoms with Crippen molar-refractivity contribution >= 4 is 39.8 Å². The third kappa shape index (κ3) is 2.74. The number of rotatable bonds is 4. The summed E-state index contributed by atoms with van der Waals surface area (Å²) in [5.41, 5.74) is 2.36. The van der Waals surface area contributed by atoms with Crippen molar-refractivity contribution in [3.63, 3.8) is 0 Å². The first-order valence-corrected chi connectivity index (χ1v) is 8.98. The number of pyridine rings is 1. The predicted molar refractivity (Wildman–Crippen MR) is 98.2 cm³/mol. The fraction of sp³-hybridized carbons (Fsp3) is 0.312. The fourth-order valence-electron chi connectivity index (χ4n) is 2.68. The Balaban J connectivity index is 1.70. The smallest absolute Gasteiger partial charge is 0.228 e. The molecule has 0 radical (unpaired) electrons. The first kappa shape index (κ1) is 15.4. The molecule has 3 heterocycles. The third-order valence-corrected chi connectivity index (χ3v) is 4.58. The van der Waals surface area contributed by atoms with Crippen LogP contribution in [-0.2, 0) is 4.79 Å². The number of hydrogen-bond donors (Lipinski definition) is 2. The van der Waals surface area contributed by atoms with E-state index in [1.54, 1.807) is 9.20 Å². The normalized spacial score (nSPS) is 15.6. The van der Waals surface area contributed by atoms with Crippen LogP contribution < -0.4 is 5.32 Å². The van der Waals surface area contributed by atoms with Crippen LogP contribution in [-0.4, -0.2) is 30.4 Å². The lowest BCUT2D eigenvalue weighted by Gasteiger charge is -2.10. The number of aromatic nitrogens is 4. The van der Waals surface area contributed by atoms with E-state index in [-0.39, 0.29) is 21.6 Å². The first-order valence-electron chi connectivity index (χ1n) is 7.74. The third-order valence-electron chi connectivity index (χ3n) is 4.05. The highest BCUT2D eigenvalue weighted by Gasteiger charge is 2.30. The van der Waals surface area contributed by atoms with E-state index in [1.807, 2.05) is 31.3 Å². The van der Waals surface area contributed by atoms with Crippen molar-refractivity contribution in [3.05, 3.63) is 30.6 Å². The molecule has 3 aromatic rings. The number of fused-ring (bicyclic) bond motifs is 1. The second-order valence-corrected chi connectivity index (χ2v) is 7.78. The van der Waals surface area contributed by atoms with E-state index >= 15 is 0 Å².